The van der Waals surface area contributed by atoms with Crippen LogP contribution in [-0.4, -0.2) is 73.0 Å². The van der Waals surface area contributed by atoms with E-state index in [2.05, 4.69) is 14.9 Å². The van der Waals surface area contributed by atoms with E-state index in [-0.39, 0.29) is 12.6 Å². The first-order valence-electron chi connectivity index (χ1n) is 9.28. The van der Waals surface area contributed by atoms with Gasteiger partial charge in [0.15, 0.2) is 0 Å². The molecule has 1 saturated heterocycles. The molecule has 1 aromatic carbocycles. The second kappa shape index (κ2) is 8.52. The summed E-state index contributed by atoms with van der Waals surface area (Å²) in [5, 5.41) is 9.47. The second-order valence-electron chi connectivity index (χ2n) is 7.06. The Balaban J connectivity index is 1.70. The molecular formula is C19H27N5O3S. The van der Waals surface area contributed by atoms with Gasteiger partial charge in [-0.05, 0) is 19.1 Å². The predicted octanol–water partition coefficient (Wildman–Crippen LogP) is 1.10. The van der Waals surface area contributed by atoms with E-state index in [1.165, 1.54) is 4.31 Å². The quantitative estimate of drug-likeness (QED) is 0.770. The number of aliphatic hydroxyl groups is 1. The highest BCUT2D eigenvalue weighted by Crippen LogP contribution is 2.24. The van der Waals surface area contributed by atoms with Crippen molar-refractivity contribution in [2.24, 2.45) is 0 Å². The number of nitrogens with zero attached hydrogens (tertiary/aromatic N) is 5. The maximum absolute atomic E-state index is 12.8. The maximum Gasteiger partial charge on any atom is 0.243 e. The largest absolute Gasteiger partial charge is 0.391 e. The second-order valence-corrected chi connectivity index (χ2v) is 9.00. The van der Waals surface area contributed by atoms with Gasteiger partial charge in [-0.1, -0.05) is 18.2 Å². The molecule has 28 heavy (non-hydrogen) atoms. The van der Waals surface area contributed by atoms with E-state index in [1.54, 1.807) is 30.5 Å². The number of aromatic nitrogens is 2. The first-order chi connectivity index (χ1) is 13.3. The molecular weight excluding hydrogens is 378 g/mol. The van der Waals surface area contributed by atoms with Gasteiger partial charge >= 0.3 is 0 Å². The van der Waals surface area contributed by atoms with Gasteiger partial charge in [0.05, 0.1) is 17.5 Å². The molecule has 1 aromatic heterocycles. The van der Waals surface area contributed by atoms with Crippen molar-refractivity contribution in [1.29, 1.82) is 0 Å². The lowest BCUT2D eigenvalue weighted by Crippen LogP contribution is -2.49. The van der Waals surface area contributed by atoms with Gasteiger partial charge in [-0.25, -0.2) is 18.4 Å². The fourth-order valence-electron chi connectivity index (χ4n) is 3.35. The zero-order valence-corrected chi connectivity index (χ0v) is 17.3. The Hall–Kier alpha value is -2.07. The number of benzene rings is 1. The van der Waals surface area contributed by atoms with Crippen molar-refractivity contribution in [2.75, 3.05) is 45.2 Å². The van der Waals surface area contributed by atoms with Gasteiger partial charge < -0.3 is 10.0 Å². The summed E-state index contributed by atoms with van der Waals surface area (Å²) in [5.41, 5.74) is 0.680. The molecule has 1 atom stereocenters. The molecule has 9 heteroatoms. The summed E-state index contributed by atoms with van der Waals surface area (Å²) in [6.07, 6.45) is 1.66. The molecule has 0 aliphatic carbocycles. The molecule has 3 rings (SSSR count). The summed E-state index contributed by atoms with van der Waals surface area (Å²) in [5.74, 6) is 1.37. The number of piperazine rings is 1. The molecule has 0 spiro atoms. The van der Waals surface area contributed by atoms with Crippen LogP contribution in [0.3, 0.4) is 0 Å². The minimum atomic E-state index is -3.46. The third-order valence-corrected chi connectivity index (χ3v) is 6.94. The van der Waals surface area contributed by atoms with Gasteiger partial charge in [0, 0.05) is 52.0 Å². The van der Waals surface area contributed by atoms with Gasteiger partial charge in [-0.2, -0.15) is 4.31 Å². The number of anilines is 1. The van der Waals surface area contributed by atoms with Crippen LogP contribution in [0.1, 0.15) is 24.4 Å². The molecule has 0 saturated carbocycles. The summed E-state index contributed by atoms with van der Waals surface area (Å²) in [6.45, 7) is 3.98. The van der Waals surface area contributed by atoms with E-state index in [9.17, 15) is 13.5 Å². The van der Waals surface area contributed by atoms with Crippen molar-refractivity contribution in [1.82, 2.24) is 19.2 Å². The molecule has 1 aliphatic rings. The molecule has 152 valence electrons. The standard InChI is InChI=1S/C19H27N5O3S/c1-15(18-20-13-16(14-25)19(21-18)22(2)3)23-9-11-24(12-10-23)28(26,27)17-7-5-4-6-8-17/h4-8,13,15,25H,9-12,14H2,1-3H3. The minimum absolute atomic E-state index is 0.0481. The topological polar surface area (TPSA) is 89.9 Å². The zero-order chi connectivity index (χ0) is 20.3. The van der Waals surface area contributed by atoms with E-state index >= 15 is 0 Å². The Morgan fingerprint density at radius 1 is 1.14 bits per heavy atom. The van der Waals surface area contributed by atoms with Gasteiger partial charge in [0.25, 0.3) is 0 Å². The highest BCUT2D eigenvalue weighted by molar-refractivity contribution is 7.89. The van der Waals surface area contributed by atoms with Crippen molar-refractivity contribution in [2.45, 2.75) is 24.5 Å². The monoisotopic (exact) mass is 405 g/mol. The van der Waals surface area contributed by atoms with Crippen molar-refractivity contribution < 1.29 is 13.5 Å². The van der Waals surface area contributed by atoms with Gasteiger partial charge in [0.2, 0.25) is 10.0 Å². The van der Waals surface area contributed by atoms with Crippen LogP contribution in [0.4, 0.5) is 5.82 Å². The predicted molar refractivity (Wildman–Crippen MR) is 107 cm³/mol. The van der Waals surface area contributed by atoms with E-state index in [1.807, 2.05) is 32.0 Å². The van der Waals surface area contributed by atoms with Gasteiger partial charge in [0.1, 0.15) is 11.6 Å². The lowest BCUT2D eigenvalue weighted by Gasteiger charge is -2.37. The number of aliphatic hydroxyl groups excluding tert-OH is 1. The fourth-order valence-corrected chi connectivity index (χ4v) is 4.79. The van der Waals surface area contributed by atoms with Crippen LogP contribution in [0.2, 0.25) is 0 Å². The summed E-state index contributed by atoms with van der Waals surface area (Å²) in [6, 6.07) is 8.49. The molecule has 1 unspecified atom stereocenters. The van der Waals surface area contributed by atoms with Gasteiger partial charge in [-0.3, -0.25) is 4.90 Å². The lowest BCUT2D eigenvalue weighted by atomic mass is 10.2. The van der Waals surface area contributed by atoms with Crippen LogP contribution in [0.25, 0.3) is 0 Å². The zero-order valence-electron chi connectivity index (χ0n) is 16.5. The number of hydrogen-bond donors (Lipinski definition) is 1. The molecule has 8 nitrogen and oxygen atoms in total. The molecule has 2 aromatic rings. The number of sulfonamides is 1. The smallest absolute Gasteiger partial charge is 0.243 e. The van der Waals surface area contributed by atoms with Crippen LogP contribution in [0.15, 0.2) is 41.4 Å². The average Bonchev–Trinajstić information content (AvgIpc) is 2.73. The lowest BCUT2D eigenvalue weighted by molar-refractivity contribution is 0.141. The van der Waals surface area contributed by atoms with E-state index in [0.717, 1.165) is 0 Å². The third-order valence-electron chi connectivity index (χ3n) is 5.03. The van der Waals surface area contributed by atoms with Gasteiger partial charge in [-0.15, -0.1) is 0 Å². The van der Waals surface area contributed by atoms with Crippen molar-refractivity contribution in [3.8, 4) is 0 Å². The summed E-state index contributed by atoms with van der Waals surface area (Å²) in [4.78, 5) is 13.4. The Morgan fingerprint density at radius 2 is 1.79 bits per heavy atom. The molecule has 1 N–H and O–H groups in total. The summed E-state index contributed by atoms with van der Waals surface area (Å²) >= 11 is 0. The third kappa shape index (κ3) is 4.17. The van der Waals surface area contributed by atoms with Crippen LogP contribution >= 0.6 is 0 Å². The van der Waals surface area contributed by atoms with E-state index in [0.29, 0.717) is 48.3 Å². The number of hydrogen-bond acceptors (Lipinski definition) is 7. The highest BCUT2D eigenvalue weighted by Gasteiger charge is 2.31. The Kier molecular flexibility index (Phi) is 6.29. The van der Waals surface area contributed by atoms with Crippen molar-refractivity contribution >= 4 is 15.8 Å². The Morgan fingerprint density at radius 3 is 2.36 bits per heavy atom. The Labute approximate surface area is 166 Å². The SMILES string of the molecule is CC(c1ncc(CO)c(N(C)C)n1)N1CCN(S(=O)(=O)c2ccccc2)CC1. The molecule has 2 heterocycles. The molecule has 1 fully saturated rings. The van der Waals surface area contributed by atoms with Crippen LogP contribution < -0.4 is 4.90 Å². The van der Waals surface area contributed by atoms with Crippen LogP contribution in [-0.2, 0) is 16.6 Å². The van der Waals surface area contributed by atoms with Crippen molar-refractivity contribution in [3.05, 3.63) is 47.9 Å². The van der Waals surface area contributed by atoms with Crippen LogP contribution in [0, 0.1) is 0 Å². The molecule has 0 bridgehead atoms. The van der Waals surface area contributed by atoms with E-state index < -0.39 is 10.0 Å². The van der Waals surface area contributed by atoms with Crippen LogP contribution in [0.5, 0.6) is 0 Å². The molecule has 1 aliphatic heterocycles. The maximum atomic E-state index is 12.8. The molecule has 0 amide bonds. The average molecular weight is 406 g/mol. The fraction of sp³-hybridized carbons (Fsp3) is 0.474. The first-order valence-corrected chi connectivity index (χ1v) is 10.7. The van der Waals surface area contributed by atoms with Crippen molar-refractivity contribution in [3.63, 3.8) is 0 Å². The van der Waals surface area contributed by atoms with E-state index in [4.69, 9.17) is 0 Å². The normalized spacial score (nSPS) is 17.4. The molecule has 0 radical (unpaired) electrons. The Bertz CT molecular complexity index is 897. The summed E-state index contributed by atoms with van der Waals surface area (Å²) in [7, 11) is 0.294. The minimum Gasteiger partial charge on any atom is -0.391 e. The summed E-state index contributed by atoms with van der Waals surface area (Å²) < 4.78 is 27.1. The highest BCUT2D eigenvalue weighted by atomic mass is 32.2. The number of rotatable bonds is 6. The first kappa shape index (κ1) is 20.7.